The van der Waals surface area contributed by atoms with Gasteiger partial charge in [-0.05, 0) is 37.1 Å². The number of alkyl halides is 3. The fourth-order valence-electron chi connectivity index (χ4n) is 1.64. The maximum absolute atomic E-state index is 12.0. The minimum atomic E-state index is -4.43. The molecule has 1 heterocycles. The lowest BCUT2D eigenvalue weighted by Crippen LogP contribution is -2.34. The molecular weight excluding hydrogens is 331 g/mol. The molecule has 124 valence electrons. The SMILES string of the molecule is Cc1ccc(-c2nnc(SCC(=O)NCC(F)(F)F)o2)cc1C. The smallest absolute Gasteiger partial charge is 0.405 e. The van der Waals surface area contributed by atoms with E-state index in [1.807, 2.05) is 32.0 Å². The number of nitrogens with zero attached hydrogens (tertiary/aromatic N) is 2. The molecule has 0 aliphatic heterocycles. The summed E-state index contributed by atoms with van der Waals surface area (Å²) >= 11 is 0.882. The van der Waals surface area contributed by atoms with Crippen LogP contribution in [0.1, 0.15) is 11.1 Å². The largest absolute Gasteiger partial charge is 0.411 e. The van der Waals surface area contributed by atoms with E-state index in [2.05, 4.69) is 10.2 Å². The van der Waals surface area contributed by atoms with Crippen molar-refractivity contribution in [2.24, 2.45) is 0 Å². The number of thioether (sulfide) groups is 1. The Bertz CT molecular complexity index is 701. The van der Waals surface area contributed by atoms with Gasteiger partial charge in [0.15, 0.2) is 0 Å². The molecule has 0 atom stereocenters. The highest BCUT2D eigenvalue weighted by atomic mass is 32.2. The van der Waals surface area contributed by atoms with Gasteiger partial charge in [-0.1, -0.05) is 17.8 Å². The molecular formula is C14H14F3N3O2S. The van der Waals surface area contributed by atoms with E-state index in [4.69, 9.17) is 4.42 Å². The van der Waals surface area contributed by atoms with Crippen molar-refractivity contribution in [3.05, 3.63) is 29.3 Å². The van der Waals surface area contributed by atoms with Crippen LogP contribution in [0.25, 0.3) is 11.5 Å². The lowest BCUT2D eigenvalue weighted by atomic mass is 10.1. The lowest BCUT2D eigenvalue weighted by molar-refractivity contribution is -0.136. The number of aromatic nitrogens is 2. The van der Waals surface area contributed by atoms with Crippen LogP contribution >= 0.6 is 11.8 Å². The number of benzene rings is 1. The summed E-state index contributed by atoms with van der Waals surface area (Å²) in [6, 6.07) is 5.65. The van der Waals surface area contributed by atoms with Gasteiger partial charge < -0.3 is 9.73 Å². The molecule has 0 aliphatic rings. The van der Waals surface area contributed by atoms with Gasteiger partial charge in [0.25, 0.3) is 5.22 Å². The Morgan fingerprint density at radius 1 is 1.26 bits per heavy atom. The second-order valence-corrected chi connectivity index (χ2v) is 5.78. The van der Waals surface area contributed by atoms with Crippen LogP contribution < -0.4 is 5.32 Å². The van der Waals surface area contributed by atoms with E-state index in [-0.39, 0.29) is 11.0 Å². The average molecular weight is 345 g/mol. The van der Waals surface area contributed by atoms with Gasteiger partial charge >= 0.3 is 6.18 Å². The monoisotopic (exact) mass is 345 g/mol. The molecule has 0 unspecified atom stereocenters. The van der Waals surface area contributed by atoms with Gasteiger partial charge in [-0.2, -0.15) is 13.2 Å². The highest BCUT2D eigenvalue weighted by molar-refractivity contribution is 7.99. The normalized spacial score (nSPS) is 11.5. The number of carbonyl (C=O) groups is 1. The number of nitrogens with one attached hydrogen (secondary N) is 1. The Morgan fingerprint density at radius 3 is 2.65 bits per heavy atom. The zero-order valence-electron chi connectivity index (χ0n) is 12.4. The molecule has 0 fully saturated rings. The van der Waals surface area contributed by atoms with Crippen LogP contribution in [-0.2, 0) is 4.79 Å². The van der Waals surface area contributed by atoms with Crippen molar-refractivity contribution < 1.29 is 22.4 Å². The third kappa shape index (κ3) is 5.27. The van der Waals surface area contributed by atoms with Gasteiger partial charge in [-0.15, -0.1) is 10.2 Å². The van der Waals surface area contributed by atoms with Crippen molar-refractivity contribution in [3.8, 4) is 11.5 Å². The van der Waals surface area contributed by atoms with Crippen LogP contribution in [-0.4, -0.2) is 34.6 Å². The quantitative estimate of drug-likeness (QED) is 0.844. The van der Waals surface area contributed by atoms with Crippen molar-refractivity contribution in [1.82, 2.24) is 15.5 Å². The molecule has 0 saturated heterocycles. The highest BCUT2D eigenvalue weighted by Gasteiger charge is 2.27. The molecule has 2 aromatic rings. The molecule has 1 amide bonds. The van der Waals surface area contributed by atoms with E-state index in [0.717, 1.165) is 28.5 Å². The summed E-state index contributed by atoms with van der Waals surface area (Å²) < 4.78 is 41.3. The van der Waals surface area contributed by atoms with Gasteiger partial charge in [-0.25, -0.2) is 0 Å². The van der Waals surface area contributed by atoms with Crippen molar-refractivity contribution in [3.63, 3.8) is 0 Å². The molecule has 9 heteroatoms. The molecule has 5 nitrogen and oxygen atoms in total. The Balaban J connectivity index is 1.92. The van der Waals surface area contributed by atoms with Crippen LogP contribution in [0.4, 0.5) is 13.2 Å². The Kier molecular flexibility index (Phi) is 5.30. The maximum atomic E-state index is 12.0. The Labute approximate surface area is 134 Å². The van der Waals surface area contributed by atoms with Crippen LogP contribution in [0.2, 0.25) is 0 Å². The molecule has 0 radical (unpaired) electrons. The molecule has 1 aromatic heterocycles. The Morgan fingerprint density at radius 2 is 2.00 bits per heavy atom. The van der Waals surface area contributed by atoms with Crippen LogP contribution in [0, 0.1) is 13.8 Å². The molecule has 1 aromatic carbocycles. The molecule has 0 bridgehead atoms. The van der Waals surface area contributed by atoms with Gasteiger partial charge in [-0.3, -0.25) is 4.79 Å². The summed E-state index contributed by atoms with van der Waals surface area (Å²) in [6.07, 6.45) is -4.43. The van der Waals surface area contributed by atoms with Crippen LogP contribution in [0.5, 0.6) is 0 Å². The van der Waals surface area contributed by atoms with Crippen molar-refractivity contribution in [2.75, 3.05) is 12.3 Å². The standard InChI is InChI=1S/C14H14F3N3O2S/c1-8-3-4-10(5-9(8)2)12-19-20-13(22-12)23-6-11(21)18-7-14(15,16)17/h3-5H,6-7H2,1-2H3,(H,18,21). The van der Waals surface area contributed by atoms with Crippen LogP contribution in [0.15, 0.2) is 27.8 Å². The first-order chi connectivity index (χ1) is 10.7. The number of hydrogen-bond acceptors (Lipinski definition) is 5. The van der Waals surface area contributed by atoms with Crippen molar-refractivity contribution in [2.45, 2.75) is 25.2 Å². The van der Waals surface area contributed by atoms with Crippen molar-refractivity contribution in [1.29, 1.82) is 0 Å². The maximum Gasteiger partial charge on any atom is 0.405 e. The number of carbonyl (C=O) groups excluding carboxylic acids is 1. The van der Waals surface area contributed by atoms with E-state index in [0.29, 0.717) is 5.89 Å². The highest BCUT2D eigenvalue weighted by Crippen LogP contribution is 2.24. The average Bonchev–Trinajstić information content (AvgIpc) is 2.94. The zero-order chi connectivity index (χ0) is 17.0. The Hall–Kier alpha value is -2.03. The number of halogens is 3. The van der Waals surface area contributed by atoms with E-state index >= 15 is 0 Å². The number of aryl methyl sites for hydroxylation is 2. The summed E-state index contributed by atoms with van der Waals surface area (Å²) in [7, 11) is 0. The number of hydrogen-bond donors (Lipinski definition) is 1. The van der Waals surface area contributed by atoms with Gasteiger partial charge in [0.1, 0.15) is 6.54 Å². The van der Waals surface area contributed by atoms with Gasteiger partial charge in [0.05, 0.1) is 5.75 Å². The molecule has 23 heavy (non-hydrogen) atoms. The summed E-state index contributed by atoms with van der Waals surface area (Å²) in [5, 5.41) is 9.54. The second kappa shape index (κ2) is 7.03. The predicted octanol–water partition coefficient (Wildman–Crippen LogP) is 3.12. The fraction of sp³-hybridized carbons (Fsp3) is 0.357. The molecule has 2 rings (SSSR count). The third-order valence-electron chi connectivity index (χ3n) is 2.97. The van der Waals surface area contributed by atoms with Crippen LogP contribution in [0.3, 0.4) is 0 Å². The minimum absolute atomic E-state index is 0.125. The van der Waals surface area contributed by atoms with E-state index in [9.17, 15) is 18.0 Å². The van der Waals surface area contributed by atoms with Gasteiger partial charge in [0, 0.05) is 5.56 Å². The van der Waals surface area contributed by atoms with E-state index in [1.165, 1.54) is 0 Å². The summed E-state index contributed by atoms with van der Waals surface area (Å²) in [4.78, 5) is 11.3. The zero-order valence-corrected chi connectivity index (χ0v) is 13.2. The molecule has 0 saturated carbocycles. The van der Waals surface area contributed by atoms with E-state index in [1.54, 1.807) is 5.32 Å². The first-order valence-corrected chi connectivity index (χ1v) is 7.60. The lowest BCUT2D eigenvalue weighted by Gasteiger charge is -2.06. The first-order valence-electron chi connectivity index (χ1n) is 6.62. The minimum Gasteiger partial charge on any atom is -0.411 e. The molecule has 0 aliphatic carbocycles. The predicted molar refractivity (Wildman–Crippen MR) is 79.0 cm³/mol. The number of rotatable bonds is 5. The molecule has 1 N–H and O–H groups in total. The summed E-state index contributed by atoms with van der Waals surface area (Å²) in [5.74, 6) is -0.686. The summed E-state index contributed by atoms with van der Waals surface area (Å²) in [6.45, 7) is 2.58. The van der Waals surface area contributed by atoms with Gasteiger partial charge in [0.2, 0.25) is 11.8 Å². The van der Waals surface area contributed by atoms with E-state index < -0.39 is 18.6 Å². The van der Waals surface area contributed by atoms with Crippen molar-refractivity contribution >= 4 is 17.7 Å². The third-order valence-corrected chi connectivity index (χ3v) is 3.79. The summed E-state index contributed by atoms with van der Waals surface area (Å²) in [5.41, 5.74) is 2.94. The fourth-order valence-corrected chi connectivity index (χ4v) is 2.23. The molecule has 0 spiro atoms. The number of amides is 1. The second-order valence-electron chi connectivity index (χ2n) is 4.85. The topological polar surface area (TPSA) is 68.0 Å². The first kappa shape index (κ1) is 17.3.